The molecule has 0 radical (unpaired) electrons. The van der Waals surface area contributed by atoms with Crippen LogP contribution in [0.2, 0.25) is 5.02 Å². The summed E-state index contributed by atoms with van der Waals surface area (Å²) >= 11 is 5.97. The summed E-state index contributed by atoms with van der Waals surface area (Å²) in [5.74, 6) is 0.364. The molecule has 1 atom stereocenters. The first-order valence-corrected chi connectivity index (χ1v) is 9.26. The number of nitrogens with one attached hydrogen (secondary N) is 2. The first kappa shape index (κ1) is 16.8. The molecule has 138 valence electrons. The van der Waals surface area contributed by atoms with Crippen LogP contribution in [-0.4, -0.2) is 20.7 Å². The van der Waals surface area contributed by atoms with E-state index in [2.05, 4.69) is 15.7 Å². The minimum atomic E-state index is -0.378. The van der Waals surface area contributed by atoms with Gasteiger partial charge in [-0.25, -0.2) is 9.67 Å². The van der Waals surface area contributed by atoms with Gasteiger partial charge in [-0.05, 0) is 42.8 Å². The van der Waals surface area contributed by atoms with Crippen LogP contribution >= 0.6 is 11.6 Å². The summed E-state index contributed by atoms with van der Waals surface area (Å²) in [4.78, 5) is 17.5. The van der Waals surface area contributed by atoms with Gasteiger partial charge in [0.2, 0.25) is 0 Å². The average Bonchev–Trinajstić information content (AvgIpc) is 3.04. The van der Waals surface area contributed by atoms with Crippen molar-refractivity contribution in [2.75, 3.05) is 5.32 Å². The largest absolute Gasteiger partial charge is 0.346 e. The van der Waals surface area contributed by atoms with Gasteiger partial charge in [0, 0.05) is 10.4 Å². The van der Waals surface area contributed by atoms with Crippen LogP contribution in [0.25, 0.3) is 16.7 Å². The van der Waals surface area contributed by atoms with E-state index in [4.69, 9.17) is 16.6 Å². The van der Waals surface area contributed by atoms with Crippen molar-refractivity contribution in [3.8, 4) is 5.69 Å². The molecule has 0 bridgehead atoms. The molecule has 5 rings (SSSR count). The third-order valence-electron chi connectivity index (χ3n) is 4.85. The molecule has 0 aliphatic carbocycles. The lowest BCUT2D eigenvalue weighted by Gasteiger charge is -2.27. The Balaban J connectivity index is 1.63. The molecule has 28 heavy (non-hydrogen) atoms. The van der Waals surface area contributed by atoms with E-state index in [9.17, 15) is 4.79 Å². The van der Waals surface area contributed by atoms with E-state index in [1.165, 1.54) is 0 Å². The Morgan fingerprint density at radius 3 is 2.54 bits per heavy atom. The van der Waals surface area contributed by atoms with Crippen molar-refractivity contribution in [3.63, 3.8) is 0 Å². The lowest BCUT2D eigenvalue weighted by Crippen LogP contribution is -2.38. The number of rotatable bonds is 2. The minimum absolute atomic E-state index is 0.171. The Hall–Kier alpha value is -3.38. The van der Waals surface area contributed by atoms with Gasteiger partial charge in [0.15, 0.2) is 5.65 Å². The van der Waals surface area contributed by atoms with Crippen LogP contribution < -0.4 is 10.6 Å². The van der Waals surface area contributed by atoms with Crippen molar-refractivity contribution in [2.45, 2.75) is 13.1 Å². The SMILES string of the molecule is Cc1nn(-c2ccccc2)c2nc3c(cc12)C(=O)NC(c1ccc(Cl)cc1)N3. The van der Waals surface area contributed by atoms with Crippen LogP contribution in [-0.2, 0) is 0 Å². The highest BCUT2D eigenvalue weighted by molar-refractivity contribution is 6.30. The first-order chi connectivity index (χ1) is 13.6. The van der Waals surface area contributed by atoms with Crippen LogP contribution in [0.1, 0.15) is 27.8 Å². The summed E-state index contributed by atoms with van der Waals surface area (Å²) in [7, 11) is 0. The topological polar surface area (TPSA) is 71.8 Å². The van der Waals surface area contributed by atoms with E-state index >= 15 is 0 Å². The average molecular weight is 390 g/mol. The minimum Gasteiger partial charge on any atom is -0.346 e. The fourth-order valence-corrected chi connectivity index (χ4v) is 3.54. The van der Waals surface area contributed by atoms with Crippen molar-refractivity contribution < 1.29 is 4.79 Å². The number of hydrogen-bond donors (Lipinski definition) is 2. The van der Waals surface area contributed by atoms with E-state index in [0.717, 1.165) is 22.3 Å². The van der Waals surface area contributed by atoms with E-state index in [0.29, 0.717) is 22.1 Å². The molecule has 1 unspecified atom stereocenters. The van der Waals surface area contributed by atoms with E-state index in [-0.39, 0.29) is 12.1 Å². The Morgan fingerprint density at radius 2 is 1.79 bits per heavy atom. The predicted molar refractivity (Wildman–Crippen MR) is 109 cm³/mol. The molecule has 2 aromatic heterocycles. The number of fused-ring (bicyclic) bond motifs is 2. The molecule has 0 fully saturated rings. The van der Waals surface area contributed by atoms with Crippen molar-refractivity contribution in [2.24, 2.45) is 0 Å². The summed E-state index contributed by atoms with van der Waals surface area (Å²) in [5.41, 5.74) is 3.86. The maximum absolute atomic E-state index is 12.7. The molecular weight excluding hydrogens is 374 g/mol. The van der Waals surface area contributed by atoms with Crippen molar-refractivity contribution in [3.05, 3.63) is 82.5 Å². The summed E-state index contributed by atoms with van der Waals surface area (Å²) in [6, 6.07) is 19.0. The monoisotopic (exact) mass is 389 g/mol. The molecule has 0 saturated heterocycles. The molecule has 1 aliphatic heterocycles. The number of aromatic nitrogens is 3. The normalized spacial score (nSPS) is 15.8. The van der Waals surface area contributed by atoms with E-state index in [1.54, 1.807) is 16.8 Å². The number of carbonyl (C=O) groups is 1. The second-order valence-corrected chi connectivity index (χ2v) is 7.13. The van der Waals surface area contributed by atoms with Crippen molar-refractivity contribution in [1.82, 2.24) is 20.1 Å². The lowest BCUT2D eigenvalue weighted by atomic mass is 10.1. The van der Waals surface area contributed by atoms with Crippen LogP contribution in [0.3, 0.4) is 0 Å². The number of benzene rings is 2. The second kappa shape index (κ2) is 6.35. The zero-order valence-corrected chi connectivity index (χ0v) is 15.7. The first-order valence-electron chi connectivity index (χ1n) is 8.89. The van der Waals surface area contributed by atoms with E-state index in [1.807, 2.05) is 55.5 Å². The maximum Gasteiger partial charge on any atom is 0.256 e. The van der Waals surface area contributed by atoms with Gasteiger partial charge in [0.25, 0.3) is 5.91 Å². The van der Waals surface area contributed by atoms with Crippen molar-refractivity contribution >= 4 is 34.4 Å². The zero-order valence-electron chi connectivity index (χ0n) is 15.0. The highest BCUT2D eigenvalue weighted by Crippen LogP contribution is 2.30. The third kappa shape index (κ3) is 2.70. The molecule has 2 N–H and O–H groups in total. The van der Waals surface area contributed by atoms with Gasteiger partial charge in [-0.3, -0.25) is 4.79 Å². The number of pyridine rings is 1. The molecule has 4 aromatic rings. The predicted octanol–water partition coefficient (Wildman–Crippen LogP) is 4.24. The lowest BCUT2D eigenvalue weighted by molar-refractivity contribution is 0.0935. The maximum atomic E-state index is 12.7. The standard InChI is InChI=1S/C21H16ClN5O/c1-12-16-11-17-19(24-20(16)27(26-12)15-5-3-2-4-6-15)23-18(25-21(17)28)13-7-9-14(22)10-8-13/h2-11,18H,1H3,(H,23,24)(H,25,28). The molecule has 7 heteroatoms. The Labute approximate surface area is 166 Å². The zero-order chi connectivity index (χ0) is 19.3. The Kier molecular flexibility index (Phi) is 3.80. The number of nitrogens with zero attached hydrogens (tertiary/aromatic N) is 3. The van der Waals surface area contributed by atoms with Gasteiger partial charge in [0.1, 0.15) is 12.0 Å². The Bertz CT molecular complexity index is 1200. The number of halogens is 1. The molecule has 0 saturated carbocycles. The van der Waals surface area contributed by atoms with Crippen LogP contribution in [0.5, 0.6) is 0 Å². The smallest absolute Gasteiger partial charge is 0.256 e. The van der Waals surface area contributed by atoms with Gasteiger partial charge in [-0.15, -0.1) is 0 Å². The summed E-state index contributed by atoms with van der Waals surface area (Å²) in [6.45, 7) is 1.92. The highest BCUT2D eigenvalue weighted by Gasteiger charge is 2.27. The molecule has 3 heterocycles. The molecule has 2 aromatic carbocycles. The fourth-order valence-electron chi connectivity index (χ4n) is 3.42. The van der Waals surface area contributed by atoms with Crippen molar-refractivity contribution in [1.29, 1.82) is 0 Å². The van der Waals surface area contributed by atoms with Gasteiger partial charge in [-0.2, -0.15) is 5.10 Å². The van der Waals surface area contributed by atoms with Crippen LogP contribution in [0.4, 0.5) is 5.82 Å². The molecular formula is C21H16ClN5O. The quantitative estimate of drug-likeness (QED) is 0.538. The van der Waals surface area contributed by atoms with Gasteiger partial charge in [-0.1, -0.05) is 41.9 Å². The molecule has 1 aliphatic rings. The van der Waals surface area contributed by atoms with Gasteiger partial charge >= 0.3 is 0 Å². The number of aryl methyl sites for hydroxylation is 1. The number of para-hydroxylation sites is 1. The van der Waals surface area contributed by atoms with Gasteiger partial charge in [0.05, 0.1) is 16.9 Å². The Morgan fingerprint density at radius 1 is 1.04 bits per heavy atom. The molecule has 1 amide bonds. The third-order valence-corrected chi connectivity index (χ3v) is 5.10. The number of amides is 1. The number of carbonyl (C=O) groups excluding carboxylic acids is 1. The summed E-state index contributed by atoms with van der Waals surface area (Å²) in [6.07, 6.45) is -0.378. The molecule has 6 nitrogen and oxygen atoms in total. The molecule has 0 spiro atoms. The van der Waals surface area contributed by atoms with Crippen LogP contribution in [0, 0.1) is 6.92 Å². The second-order valence-electron chi connectivity index (χ2n) is 6.69. The number of anilines is 1. The summed E-state index contributed by atoms with van der Waals surface area (Å²) in [5, 5.41) is 12.4. The van der Waals surface area contributed by atoms with Gasteiger partial charge < -0.3 is 10.6 Å². The van der Waals surface area contributed by atoms with E-state index < -0.39 is 0 Å². The highest BCUT2D eigenvalue weighted by atomic mass is 35.5. The number of hydrogen-bond acceptors (Lipinski definition) is 4. The van der Waals surface area contributed by atoms with Crippen LogP contribution in [0.15, 0.2) is 60.7 Å². The fraction of sp³-hybridized carbons (Fsp3) is 0.0952. The summed E-state index contributed by atoms with van der Waals surface area (Å²) < 4.78 is 1.80.